The average molecular weight is 626 g/mol. The van der Waals surface area contributed by atoms with Crippen LogP contribution in [0.15, 0.2) is 35.0 Å². The van der Waals surface area contributed by atoms with Crippen molar-refractivity contribution in [2.75, 3.05) is 16.3 Å². The van der Waals surface area contributed by atoms with Crippen molar-refractivity contribution in [2.24, 2.45) is 5.92 Å². The molecule has 0 spiro atoms. The molecule has 238 valence electrons. The van der Waals surface area contributed by atoms with E-state index in [4.69, 9.17) is 4.74 Å². The number of carbonyl (C=O) groups excluding carboxylic acids is 5. The molecule has 2 aromatic rings. The van der Waals surface area contributed by atoms with Crippen molar-refractivity contribution in [1.82, 2.24) is 16.0 Å². The smallest absolute Gasteiger partial charge is 0.408 e. The van der Waals surface area contributed by atoms with E-state index in [1.807, 2.05) is 48.9 Å². The van der Waals surface area contributed by atoms with Crippen molar-refractivity contribution in [3.05, 3.63) is 46.2 Å². The fourth-order valence-corrected chi connectivity index (χ4v) is 6.10. The summed E-state index contributed by atoms with van der Waals surface area (Å²) in [5.41, 5.74) is 2.46. The molecule has 3 atom stereocenters. The van der Waals surface area contributed by atoms with Crippen molar-refractivity contribution < 1.29 is 28.7 Å². The Balaban J connectivity index is 1.54. The predicted octanol–water partition coefficient (Wildman–Crippen LogP) is 3.89. The molecule has 2 aliphatic rings. The number of ether oxygens (including phenoxy) is 1. The highest BCUT2D eigenvalue weighted by Gasteiger charge is 2.39. The van der Waals surface area contributed by atoms with Crippen LogP contribution in [0.2, 0.25) is 0 Å². The number of anilines is 2. The molecule has 0 saturated carbocycles. The van der Waals surface area contributed by atoms with Gasteiger partial charge in [0.1, 0.15) is 23.7 Å². The van der Waals surface area contributed by atoms with Crippen LogP contribution < -0.4 is 25.8 Å². The Labute approximate surface area is 262 Å². The lowest BCUT2D eigenvalue weighted by atomic mass is 9.94. The van der Waals surface area contributed by atoms with Crippen LogP contribution in [0.25, 0.3) is 0 Å². The molecule has 1 fully saturated rings. The van der Waals surface area contributed by atoms with Gasteiger partial charge in [0.15, 0.2) is 0 Å². The Bertz CT molecular complexity index is 1390. The van der Waals surface area contributed by atoms with E-state index < -0.39 is 41.6 Å². The lowest BCUT2D eigenvalue weighted by Gasteiger charge is -2.37. The number of benzene rings is 1. The summed E-state index contributed by atoms with van der Waals surface area (Å²) in [4.78, 5) is 69.0. The molecule has 0 aliphatic carbocycles. The second kappa shape index (κ2) is 13.8. The van der Waals surface area contributed by atoms with Crippen molar-refractivity contribution in [3.8, 4) is 0 Å². The fourth-order valence-electron chi connectivity index (χ4n) is 5.44. The zero-order valence-electron chi connectivity index (χ0n) is 26.3. The Morgan fingerprint density at radius 1 is 1.07 bits per heavy atom. The van der Waals surface area contributed by atoms with E-state index in [2.05, 4.69) is 16.0 Å². The molecule has 3 heterocycles. The molecule has 12 heteroatoms. The second-order valence-electron chi connectivity index (χ2n) is 12.8. The normalized spacial score (nSPS) is 18.1. The van der Waals surface area contributed by atoms with Crippen LogP contribution in [0.1, 0.15) is 71.9 Å². The number of fused-ring (bicyclic) bond motifs is 1. The van der Waals surface area contributed by atoms with Crippen LogP contribution in [0.3, 0.4) is 0 Å². The highest BCUT2D eigenvalue weighted by atomic mass is 32.1. The molecule has 0 bridgehead atoms. The maximum Gasteiger partial charge on any atom is 0.408 e. The van der Waals surface area contributed by atoms with E-state index >= 15 is 0 Å². The quantitative estimate of drug-likeness (QED) is 0.367. The summed E-state index contributed by atoms with van der Waals surface area (Å²) in [6, 6.07) is 4.85. The van der Waals surface area contributed by atoms with Gasteiger partial charge in [0, 0.05) is 19.4 Å². The number of hydrogen-bond acceptors (Lipinski definition) is 7. The number of rotatable bonds is 10. The van der Waals surface area contributed by atoms with Gasteiger partial charge in [-0.05, 0) is 80.5 Å². The van der Waals surface area contributed by atoms with Crippen molar-refractivity contribution >= 4 is 52.4 Å². The van der Waals surface area contributed by atoms with Gasteiger partial charge in [0.2, 0.25) is 23.6 Å². The average Bonchev–Trinajstić information content (AvgIpc) is 3.60. The predicted molar refractivity (Wildman–Crippen MR) is 169 cm³/mol. The first-order valence-corrected chi connectivity index (χ1v) is 16.0. The molecule has 1 aromatic carbocycles. The first-order chi connectivity index (χ1) is 20.7. The fraction of sp³-hybridized carbons (Fsp3) is 0.531. The topological polar surface area (TPSA) is 137 Å². The number of carbonyl (C=O) groups is 5. The maximum absolute atomic E-state index is 14.1. The number of hydrogen-bond donors (Lipinski definition) is 3. The third-order valence-corrected chi connectivity index (χ3v) is 8.16. The summed E-state index contributed by atoms with van der Waals surface area (Å²) >= 11 is 1.53. The van der Waals surface area contributed by atoms with Crippen molar-refractivity contribution in [3.63, 3.8) is 0 Å². The van der Waals surface area contributed by atoms with E-state index in [9.17, 15) is 24.0 Å². The molecule has 3 N–H and O–H groups in total. The van der Waals surface area contributed by atoms with Gasteiger partial charge in [0.25, 0.3) is 0 Å². The zero-order valence-corrected chi connectivity index (χ0v) is 27.1. The molecule has 44 heavy (non-hydrogen) atoms. The lowest BCUT2D eigenvalue weighted by Crippen LogP contribution is -2.58. The molecule has 1 unspecified atom stereocenters. The molecule has 2 aliphatic heterocycles. The molecule has 4 rings (SSSR count). The maximum atomic E-state index is 14.1. The highest BCUT2D eigenvalue weighted by Crippen LogP contribution is 2.40. The molecule has 1 saturated heterocycles. The third kappa shape index (κ3) is 8.16. The molecular formula is C32H43N5O6S. The zero-order chi connectivity index (χ0) is 32.2. The molecule has 11 nitrogen and oxygen atoms in total. The SMILES string of the molecule is CC(C)C[C@@H](NC(=O)[C@H](C)NC(=O)OC(C)(C)C)C(=O)NC1Cc2cccc(N3CCCC3=O)c2N(Cc2ccsc2)C1=O. The lowest BCUT2D eigenvalue weighted by molar-refractivity contribution is -0.132. The van der Waals surface area contributed by atoms with Gasteiger partial charge in [-0.3, -0.25) is 19.2 Å². The minimum Gasteiger partial charge on any atom is -0.444 e. The second-order valence-corrected chi connectivity index (χ2v) is 13.6. The monoisotopic (exact) mass is 625 g/mol. The molecule has 0 radical (unpaired) electrons. The third-order valence-electron chi connectivity index (χ3n) is 7.42. The number of nitrogens with zero attached hydrogens (tertiary/aromatic N) is 2. The number of thiophene rings is 1. The van der Waals surface area contributed by atoms with Gasteiger partial charge in [-0.2, -0.15) is 11.3 Å². The van der Waals surface area contributed by atoms with E-state index in [0.29, 0.717) is 37.3 Å². The summed E-state index contributed by atoms with van der Waals surface area (Å²) in [6.45, 7) is 11.4. The summed E-state index contributed by atoms with van der Waals surface area (Å²) in [6.07, 6.45) is 1.06. The Morgan fingerprint density at radius 3 is 2.43 bits per heavy atom. The Kier molecular flexibility index (Phi) is 10.3. The summed E-state index contributed by atoms with van der Waals surface area (Å²) in [5, 5.41) is 12.1. The first kappa shape index (κ1) is 33.0. The van der Waals surface area contributed by atoms with Gasteiger partial charge in [-0.25, -0.2) is 4.79 Å². The van der Waals surface area contributed by atoms with Crippen molar-refractivity contribution in [1.29, 1.82) is 0 Å². The van der Waals surface area contributed by atoms with Crippen LogP contribution in [0, 0.1) is 5.92 Å². The van der Waals surface area contributed by atoms with Crippen LogP contribution in [-0.4, -0.2) is 60.0 Å². The standard InChI is InChI=1S/C32H43N5O6S/c1-19(2)15-23(34-28(39)20(3)33-31(42)43-32(4,5)6)29(40)35-24-16-22-9-7-10-25(36-13-8-11-26(36)38)27(22)37(30(24)41)17-21-12-14-44-18-21/h7,9-10,12,14,18-20,23-24H,8,11,13,15-17H2,1-6H3,(H,33,42)(H,34,39)(H,35,40)/t20-,23+,24?/m0/s1. The number of para-hydroxylation sites is 1. The van der Waals surface area contributed by atoms with Gasteiger partial charge >= 0.3 is 6.09 Å². The van der Waals surface area contributed by atoms with Crippen LogP contribution in [0.5, 0.6) is 0 Å². The summed E-state index contributed by atoms with van der Waals surface area (Å²) < 4.78 is 5.24. The van der Waals surface area contributed by atoms with E-state index in [0.717, 1.165) is 17.5 Å². The Hall–Kier alpha value is -3.93. The summed E-state index contributed by atoms with van der Waals surface area (Å²) in [5.74, 6) is -1.24. The molecule has 1 aromatic heterocycles. The largest absolute Gasteiger partial charge is 0.444 e. The van der Waals surface area contributed by atoms with Crippen LogP contribution >= 0.6 is 11.3 Å². The van der Waals surface area contributed by atoms with Gasteiger partial charge in [-0.1, -0.05) is 26.0 Å². The minimum atomic E-state index is -0.955. The number of alkyl carbamates (subject to hydrolysis) is 1. The van der Waals surface area contributed by atoms with E-state index in [-0.39, 0.29) is 24.2 Å². The van der Waals surface area contributed by atoms with E-state index in [1.54, 1.807) is 30.6 Å². The van der Waals surface area contributed by atoms with Gasteiger partial charge in [0.05, 0.1) is 17.9 Å². The molecular weight excluding hydrogens is 582 g/mol. The Morgan fingerprint density at radius 2 is 1.82 bits per heavy atom. The van der Waals surface area contributed by atoms with E-state index in [1.165, 1.54) is 18.3 Å². The van der Waals surface area contributed by atoms with Crippen LogP contribution in [-0.2, 0) is 36.9 Å². The molecule has 5 amide bonds. The number of amides is 5. The highest BCUT2D eigenvalue weighted by molar-refractivity contribution is 7.07. The van der Waals surface area contributed by atoms with Crippen LogP contribution in [0.4, 0.5) is 16.2 Å². The van der Waals surface area contributed by atoms with Gasteiger partial charge < -0.3 is 30.5 Å². The number of nitrogens with one attached hydrogen (secondary N) is 3. The van der Waals surface area contributed by atoms with Gasteiger partial charge in [-0.15, -0.1) is 0 Å². The first-order valence-electron chi connectivity index (χ1n) is 15.1. The van der Waals surface area contributed by atoms with Crippen molar-refractivity contribution in [2.45, 2.75) is 97.5 Å². The minimum absolute atomic E-state index is 0.0272. The summed E-state index contributed by atoms with van der Waals surface area (Å²) in [7, 11) is 0.